The maximum absolute atomic E-state index is 12.8. The summed E-state index contributed by atoms with van der Waals surface area (Å²) in [4.78, 5) is 48.1. The zero-order valence-corrected chi connectivity index (χ0v) is 40.0. The Morgan fingerprint density at radius 3 is 1.56 bits per heavy atom. The minimum atomic E-state index is -5.19. The van der Waals surface area contributed by atoms with Gasteiger partial charge in [0.15, 0.2) is 11.9 Å². The van der Waals surface area contributed by atoms with Crippen molar-refractivity contribution in [2.75, 3.05) is 13.2 Å². The summed E-state index contributed by atoms with van der Waals surface area (Å²) in [6, 6.07) is 0. The van der Waals surface area contributed by atoms with E-state index in [0.717, 1.165) is 44.9 Å². The molecule has 0 spiro atoms. The number of unbranched alkanes of at least 4 members (excludes halogenated alkanes) is 19. The maximum atomic E-state index is 12.8. The van der Waals surface area contributed by atoms with Gasteiger partial charge in [-0.3, -0.25) is 23.4 Å². The monoisotopic (exact) mass is 929 g/mol. The van der Waals surface area contributed by atoms with Gasteiger partial charge in [-0.2, -0.15) is 0 Å². The van der Waals surface area contributed by atoms with Crippen molar-refractivity contribution >= 4 is 25.5 Å². The molecule has 1 aliphatic rings. The summed E-state index contributed by atoms with van der Waals surface area (Å²) in [6.45, 7) is 3.08. The normalized spacial score (nSPS) is 21.9. The highest BCUT2D eigenvalue weighted by molar-refractivity contribution is 7.47. The van der Waals surface area contributed by atoms with Crippen LogP contribution in [0.15, 0.2) is 48.6 Å². The van der Waals surface area contributed by atoms with Crippen LogP contribution in [-0.2, 0) is 37.5 Å². The van der Waals surface area contributed by atoms with E-state index < -0.39 is 75.7 Å². The Hall–Kier alpha value is -2.52. The second kappa shape index (κ2) is 38.6. The number of phosphoric ester groups is 1. The van der Waals surface area contributed by atoms with Gasteiger partial charge in [-0.05, 0) is 44.6 Å². The minimum absolute atomic E-state index is 0.0531. The first-order chi connectivity index (χ1) is 30.8. The molecule has 1 saturated carbocycles. The summed E-state index contributed by atoms with van der Waals surface area (Å²) >= 11 is 0. The molecule has 0 aromatic heterocycles. The molecule has 0 saturated heterocycles. The molecule has 8 atom stereocenters. The lowest BCUT2D eigenvalue weighted by atomic mass is 9.85. The highest BCUT2D eigenvalue weighted by Gasteiger charge is 2.51. The summed E-state index contributed by atoms with van der Waals surface area (Å²) in [5, 5.41) is 50.2. The number of hydrogen-bond donors (Lipinski definition) is 6. The van der Waals surface area contributed by atoms with Gasteiger partial charge in [-0.25, -0.2) is 4.57 Å². The van der Waals surface area contributed by atoms with Gasteiger partial charge in [0.1, 0.15) is 43.2 Å². The molecule has 6 N–H and O–H groups in total. The van der Waals surface area contributed by atoms with E-state index >= 15 is 0 Å². The molecule has 3 unspecified atom stereocenters. The Labute approximate surface area is 384 Å². The van der Waals surface area contributed by atoms with Gasteiger partial charge in [0.2, 0.25) is 0 Å². The van der Waals surface area contributed by atoms with E-state index in [1.807, 2.05) is 6.08 Å². The van der Waals surface area contributed by atoms with Crippen LogP contribution < -0.4 is 0 Å². The van der Waals surface area contributed by atoms with Crippen LogP contribution in [0.25, 0.3) is 0 Å². The highest BCUT2D eigenvalue weighted by atomic mass is 31.2. The summed E-state index contributed by atoms with van der Waals surface area (Å²) in [7, 11) is -5.19. The van der Waals surface area contributed by atoms with Gasteiger partial charge >= 0.3 is 19.8 Å². The van der Waals surface area contributed by atoms with E-state index in [4.69, 9.17) is 18.5 Å². The maximum Gasteiger partial charge on any atom is 0.472 e. The van der Waals surface area contributed by atoms with Gasteiger partial charge < -0.3 is 39.9 Å². The Balaban J connectivity index is 2.52. The Kier molecular flexibility index (Phi) is 35.9. The number of carbonyl (C=O) groups is 3. The lowest BCUT2D eigenvalue weighted by Gasteiger charge is -2.41. The molecule has 1 aliphatic carbocycles. The van der Waals surface area contributed by atoms with E-state index in [9.17, 15) is 49.4 Å². The molecule has 0 aliphatic heterocycles. The topological polar surface area (TPSA) is 227 Å². The minimum Gasteiger partial charge on any atom is -0.462 e. The molecule has 15 heteroatoms. The number of aliphatic hydroxyl groups is 5. The van der Waals surface area contributed by atoms with Crippen LogP contribution in [0, 0.1) is 0 Å². The van der Waals surface area contributed by atoms with Crippen LogP contribution in [0.4, 0.5) is 0 Å². The number of rotatable bonds is 40. The smallest absolute Gasteiger partial charge is 0.462 e. The fourth-order valence-electron chi connectivity index (χ4n) is 7.18. The number of aliphatic hydroxyl groups excluding tert-OH is 5. The van der Waals surface area contributed by atoms with Crippen molar-refractivity contribution < 1.29 is 67.9 Å². The van der Waals surface area contributed by atoms with Crippen LogP contribution in [0.3, 0.4) is 0 Å². The average Bonchev–Trinajstić information content (AvgIpc) is 3.27. The number of allylic oxidation sites excluding steroid dienone is 8. The van der Waals surface area contributed by atoms with Crippen molar-refractivity contribution in [3.8, 4) is 0 Å². The zero-order chi connectivity index (χ0) is 47.3. The van der Waals surface area contributed by atoms with E-state index in [1.165, 1.54) is 102 Å². The average molecular weight is 929 g/mol. The van der Waals surface area contributed by atoms with Gasteiger partial charge in [0.25, 0.3) is 0 Å². The number of ether oxygens (including phenoxy) is 2. The Morgan fingerprint density at radius 1 is 0.531 bits per heavy atom. The van der Waals surface area contributed by atoms with Crippen LogP contribution in [0.2, 0.25) is 0 Å². The van der Waals surface area contributed by atoms with Crippen LogP contribution in [0.5, 0.6) is 0 Å². The predicted octanol–water partition coefficient (Wildman–Crippen LogP) is 9.13. The summed E-state index contributed by atoms with van der Waals surface area (Å²) in [5.74, 6) is -1.55. The predicted molar refractivity (Wildman–Crippen MR) is 249 cm³/mol. The number of phosphoric acid groups is 1. The lowest BCUT2D eigenvalue weighted by Crippen LogP contribution is -2.64. The second-order valence-electron chi connectivity index (χ2n) is 17.0. The lowest BCUT2D eigenvalue weighted by molar-refractivity contribution is -0.220. The summed E-state index contributed by atoms with van der Waals surface area (Å²) in [6.07, 6.45) is 28.7. The second-order valence-corrected chi connectivity index (χ2v) is 18.4. The number of carbonyl (C=O) groups excluding carboxylic acids is 3. The van der Waals surface area contributed by atoms with Gasteiger partial charge in [0.05, 0.1) is 6.61 Å². The molecule has 0 bridgehead atoms. The molecule has 0 aromatic rings. The fourth-order valence-corrected chi connectivity index (χ4v) is 8.15. The van der Waals surface area contributed by atoms with Crippen molar-refractivity contribution in [3.05, 3.63) is 48.6 Å². The Bertz CT molecular complexity index is 1370. The number of ketones is 1. The van der Waals surface area contributed by atoms with Crippen molar-refractivity contribution in [3.63, 3.8) is 0 Å². The van der Waals surface area contributed by atoms with Crippen molar-refractivity contribution in [1.82, 2.24) is 0 Å². The molecule has 1 rings (SSSR count). The molecule has 0 radical (unpaired) electrons. The molecule has 14 nitrogen and oxygen atoms in total. The molecule has 0 amide bonds. The number of hydrogen-bond acceptors (Lipinski definition) is 13. The highest BCUT2D eigenvalue weighted by Crippen LogP contribution is 2.47. The first-order valence-corrected chi connectivity index (χ1v) is 25.9. The van der Waals surface area contributed by atoms with Gasteiger partial charge in [-0.15, -0.1) is 0 Å². The summed E-state index contributed by atoms with van der Waals surface area (Å²) < 4.78 is 33.4. The van der Waals surface area contributed by atoms with Gasteiger partial charge in [-0.1, -0.05) is 172 Å². The molecule has 370 valence electrons. The standard InChI is InChI=1S/C49H85O14P/c1-3-5-7-9-11-13-15-17-18-19-20-22-24-26-28-30-32-36-42(51)60-38-41(39-61-64(58,59)63-49-47(56)45(54)44(53)46(55)48(49)57)62-43(52)37-33-35-40(50)34-31-29-27-25-23-21-16-14-12-10-8-6-4-2/h12,14,21,23,27,29,31,34,41,44-49,53-57H,3-11,13,15-20,22,24-26,28,30,32-33,35-39H2,1-2H3,(H,58,59)/b14-12-,23-21-,29-27-,34-31+/t41-,44?,45-,46+,47-,48-,49?/m1/s1. The molecule has 1 fully saturated rings. The van der Waals surface area contributed by atoms with E-state index in [-0.39, 0.29) is 31.5 Å². The fraction of sp³-hybridized carbons (Fsp3) is 0.776. The first-order valence-electron chi connectivity index (χ1n) is 24.4. The van der Waals surface area contributed by atoms with E-state index in [1.54, 1.807) is 12.2 Å². The van der Waals surface area contributed by atoms with Crippen molar-refractivity contribution in [2.45, 2.75) is 230 Å². The molecule has 0 aromatic carbocycles. The molecular formula is C49H85O14P. The zero-order valence-electron chi connectivity index (χ0n) is 39.1. The van der Waals surface area contributed by atoms with E-state index in [2.05, 4.69) is 38.2 Å². The van der Waals surface area contributed by atoms with Crippen LogP contribution >= 0.6 is 7.82 Å². The molecule has 64 heavy (non-hydrogen) atoms. The number of esters is 2. The quantitative estimate of drug-likeness (QED) is 0.00842. The van der Waals surface area contributed by atoms with Crippen molar-refractivity contribution in [1.29, 1.82) is 0 Å². The molecule has 0 heterocycles. The summed E-state index contributed by atoms with van der Waals surface area (Å²) in [5.41, 5.74) is 0. The van der Waals surface area contributed by atoms with Crippen molar-refractivity contribution in [2.24, 2.45) is 0 Å². The SMILES string of the molecule is CCCCC/C=C\C/C=C\C/C=C\C=C\C(=O)CCCC(=O)O[C@H](COC(=O)CCCCCCCCCCCCCCCCCCC)COP(=O)(O)OC1[C@H](O)[C@H](O)C(O)[C@H](O)[C@H]1O. The largest absolute Gasteiger partial charge is 0.472 e. The van der Waals surface area contributed by atoms with Gasteiger partial charge in [0, 0.05) is 19.3 Å². The Morgan fingerprint density at radius 2 is 1.00 bits per heavy atom. The molecular weight excluding hydrogens is 843 g/mol. The third-order valence-corrected chi connectivity index (χ3v) is 12.1. The third-order valence-electron chi connectivity index (χ3n) is 11.1. The van der Waals surface area contributed by atoms with E-state index in [0.29, 0.717) is 6.42 Å². The first kappa shape index (κ1) is 59.5. The van der Waals surface area contributed by atoms with Crippen LogP contribution in [-0.4, -0.2) is 104 Å². The van der Waals surface area contributed by atoms with Crippen LogP contribution in [0.1, 0.15) is 187 Å². The third kappa shape index (κ3) is 30.6.